The molecule has 0 heterocycles. The second kappa shape index (κ2) is 44.5. The molecule has 5 heteroatoms. The van der Waals surface area contributed by atoms with Crippen LogP contribution in [0.1, 0.15) is 258 Å². The van der Waals surface area contributed by atoms with Crippen molar-refractivity contribution < 1.29 is 20.1 Å². The summed E-state index contributed by atoms with van der Waals surface area (Å²) in [6, 6.07) is -0.828. The van der Waals surface area contributed by atoms with Crippen LogP contribution in [-0.4, -0.2) is 46.1 Å². The van der Waals surface area contributed by atoms with Crippen LogP contribution in [0.4, 0.5) is 0 Å². The van der Waals surface area contributed by atoms with Gasteiger partial charge < -0.3 is 20.6 Å². The molecule has 4 N–H and O–H groups in total. The number of allylic oxidation sites excluding steroid dienone is 4. The number of unbranched alkanes of at least 4 members (excludes halogenated alkanes) is 32. The van der Waals surface area contributed by atoms with E-state index in [-0.39, 0.29) is 12.5 Å². The van der Waals surface area contributed by atoms with Crippen molar-refractivity contribution in [2.24, 2.45) is 0 Å². The summed E-state index contributed by atoms with van der Waals surface area (Å²) in [6.07, 6.45) is 54.6. The summed E-state index contributed by atoms with van der Waals surface area (Å²) in [4.78, 5) is 12.4. The summed E-state index contributed by atoms with van der Waals surface area (Å²) in [7, 11) is 0. The van der Waals surface area contributed by atoms with Gasteiger partial charge in [0.1, 0.15) is 6.10 Å². The lowest BCUT2D eigenvalue weighted by atomic mass is 10.0. The molecule has 0 fully saturated rings. The zero-order valence-electron chi connectivity index (χ0n) is 36.4. The van der Waals surface area contributed by atoms with Crippen LogP contribution in [0.25, 0.3) is 0 Å². The smallest absolute Gasteiger partial charge is 0.220 e. The van der Waals surface area contributed by atoms with Crippen LogP contribution in [0.3, 0.4) is 0 Å². The molecule has 3 unspecified atom stereocenters. The van der Waals surface area contributed by atoms with E-state index in [0.717, 1.165) is 44.9 Å². The first kappa shape index (κ1) is 52.8. The molecule has 320 valence electrons. The van der Waals surface area contributed by atoms with E-state index < -0.39 is 18.2 Å². The van der Waals surface area contributed by atoms with Gasteiger partial charge in [0.15, 0.2) is 0 Å². The number of rotatable bonds is 44. The van der Waals surface area contributed by atoms with Crippen molar-refractivity contribution in [2.45, 2.75) is 276 Å². The van der Waals surface area contributed by atoms with Gasteiger partial charge in [0, 0.05) is 6.42 Å². The van der Waals surface area contributed by atoms with E-state index >= 15 is 0 Å². The van der Waals surface area contributed by atoms with E-state index in [2.05, 4.69) is 43.5 Å². The van der Waals surface area contributed by atoms with Crippen molar-refractivity contribution in [1.29, 1.82) is 0 Å². The van der Waals surface area contributed by atoms with Gasteiger partial charge in [-0.25, -0.2) is 0 Å². The third kappa shape index (κ3) is 39.1. The minimum Gasteiger partial charge on any atom is -0.394 e. The molecule has 0 spiro atoms. The number of aliphatic hydroxyl groups excluding tert-OH is 3. The fourth-order valence-corrected chi connectivity index (χ4v) is 7.53. The highest BCUT2D eigenvalue weighted by molar-refractivity contribution is 5.76. The van der Waals surface area contributed by atoms with E-state index in [1.165, 1.54) is 186 Å². The van der Waals surface area contributed by atoms with Gasteiger partial charge in [-0.1, -0.05) is 224 Å². The van der Waals surface area contributed by atoms with Gasteiger partial charge in [0.2, 0.25) is 5.91 Å². The Morgan fingerprint density at radius 1 is 0.444 bits per heavy atom. The molecule has 0 aliphatic rings. The summed E-state index contributed by atoms with van der Waals surface area (Å²) in [5.41, 5.74) is 0. The molecule has 1 amide bonds. The van der Waals surface area contributed by atoms with Crippen molar-refractivity contribution >= 4 is 5.91 Å². The molecular formula is C49H95NO4. The second-order valence-electron chi connectivity index (χ2n) is 16.7. The number of carbonyl (C=O) groups is 1. The van der Waals surface area contributed by atoms with Crippen LogP contribution in [0, 0.1) is 0 Å². The molecule has 0 rings (SSSR count). The normalized spacial score (nSPS) is 13.6. The highest BCUT2D eigenvalue weighted by atomic mass is 16.3. The van der Waals surface area contributed by atoms with Gasteiger partial charge in [0.25, 0.3) is 0 Å². The largest absolute Gasteiger partial charge is 0.394 e. The predicted molar refractivity (Wildman–Crippen MR) is 236 cm³/mol. The third-order valence-corrected chi connectivity index (χ3v) is 11.3. The van der Waals surface area contributed by atoms with Crippen molar-refractivity contribution in [3.8, 4) is 0 Å². The Labute approximate surface area is 337 Å². The van der Waals surface area contributed by atoms with Crippen LogP contribution in [0.2, 0.25) is 0 Å². The van der Waals surface area contributed by atoms with Crippen molar-refractivity contribution in [1.82, 2.24) is 5.32 Å². The summed E-state index contributed by atoms with van der Waals surface area (Å²) in [6.45, 7) is 4.15. The molecule has 0 aliphatic heterocycles. The van der Waals surface area contributed by atoms with E-state index in [0.29, 0.717) is 12.8 Å². The van der Waals surface area contributed by atoms with Gasteiger partial charge in [0.05, 0.1) is 18.8 Å². The standard InChI is InChI=1S/C49H95NO4/c1-3-5-7-9-11-13-15-17-18-19-20-21-22-23-24-25-26-27-28-29-30-32-34-36-38-40-42-44-48(53)50-46(45-51)49(54)47(52)43-41-39-37-35-33-31-16-14-12-10-8-6-4-2/h14,16,35,37,46-47,49,51-52,54H,3-13,15,17-34,36,38-45H2,1-2H3,(H,50,53)/b16-14+,37-35+. The molecular weight excluding hydrogens is 667 g/mol. The predicted octanol–water partition coefficient (Wildman–Crippen LogP) is 14.2. The summed E-state index contributed by atoms with van der Waals surface area (Å²) in [5, 5.41) is 33.5. The van der Waals surface area contributed by atoms with Gasteiger partial charge in [-0.05, 0) is 51.4 Å². The van der Waals surface area contributed by atoms with Crippen molar-refractivity contribution in [3.05, 3.63) is 24.3 Å². The number of hydrogen-bond acceptors (Lipinski definition) is 4. The lowest BCUT2D eigenvalue weighted by Crippen LogP contribution is -2.50. The van der Waals surface area contributed by atoms with Crippen LogP contribution in [-0.2, 0) is 4.79 Å². The van der Waals surface area contributed by atoms with E-state index in [9.17, 15) is 20.1 Å². The summed E-state index contributed by atoms with van der Waals surface area (Å²) in [5.74, 6) is -0.155. The first-order valence-corrected chi connectivity index (χ1v) is 24.1. The highest BCUT2D eigenvalue weighted by Gasteiger charge is 2.26. The fraction of sp³-hybridized carbons (Fsp3) is 0.898. The lowest BCUT2D eigenvalue weighted by Gasteiger charge is -2.26. The van der Waals surface area contributed by atoms with Crippen LogP contribution in [0.5, 0.6) is 0 Å². The molecule has 0 bridgehead atoms. The molecule has 0 aromatic carbocycles. The van der Waals surface area contributed by atoms with Crippen LogP contribution >= 0.6 is 0 Å². The van der Waals surface area contributed by atoms with E-state index in [4.69, 9.17) is 0 Å². The van der Waals surface area contributed by atoms with E-state index in [1.54, 1.807) is 0 Å². The Morgan fingerprint density at radius 2 is 0.759 bits per heavy atom. The maximum atomic E-state index is 12.4. The minimum absolute atomic E-state index is 0.155. The Kier molecular flexibility index (Phi) is 43.6. The molecule has 5 nitrogen and oxygen atoms in total. The number of aliphatic hydroxyl groups is 3. The van der Waals surface area contributed by atoms with Crippen molar-refractivity contribution in [2.75, 3.05) is 6.61 Å². The first-order chi connectivity index (χ1) is 26.6. The number of nitrogens with one attached hydrogen (secondary N) is 1. The Hall–Kier alpha value is -1.17. The lowest BCUT2D eigenvalue weighted by molar-refractivity contribution is -0.124. The molecule has 0 aromatic rings. The summed E-state index contributed by atoms with van der Waals surface area (Å²) < 4.78 is 0. The Bertz CT molecular complexity index is 799. The van der Waals surface area contributed by atoms with Crippen LogP contribution in [0.15, 0.2) is 24.3 Å². The van der Waals surface area contributed by atoms with Gasteiger partial charge in [-0.2, -0.15) is 0 Å². The number of hydrogen-bond donors (Lipinski definition) is 4. The molecule has 0 radical (unpaired) electrons. The maximum absolute atomic E-state index is 12.4. The number of carbonyl (C=O) groups excluding carboxylic acids is 1. The zero-order valence-corrected chi connectivity index (χ0v) is 36.4. The SMILES string of the molecule is CCCCCC/C=C/CC/C=C/CCCC(O)C(O)C(CO)NC(=O)CCCCCCCCCCCCCCCCCCCCCCCCCCCCC. The van der Waals surface area contributed by atoms with Crippen LogP contribution < -0.4 is 5.32 Å². The monoisotopic (exact) mass is 762 g/mol. The third-order valence-electron chi connectivity index (χ3n) is 11.3. The number of amides is 1. The zero-order chi connectivity index (χ0) is 39.4. The molecule has 54 heavy (non-hydrogen) atoms. The topological polar surface area (TPSA) is 89.8 Å². The molecule has 0 saturated carbocycles. The first-order valence-electron chi connectivity index (χ1n) is 24.1. The molecule has 3 atom stereocenters. The molecule has 0 aliphatic carbocycles. The van der Waals surface area contributed by atoms with Crippen molar-refractivity contribution in [3.63, 3.8) is 0 Å². The fourth-order valence-electron chi connectivity index (χ4n) is 7.53. The Balaban J connectivity index is 3.54. The highest BCUT2D eigenvalue weighted by Crippen LogP contribution is 2.17. The minimum atomic E-state index is -1.16. The van der Waals surface area contributed by atoms with Gasteiger partial charge in [-0.3, -0.25) is 4.79 Å². The average Bonchev–Trinajstić information content (AvgIpc) is 3.18. The average molecular weight is 762 g/mol. The molecule has 0 saturated heterocycles. The second-order valence-corrected chi connectivity index (χ2v) is 16.7. The summed E-state index contributed by atoms with van der Waals surface area (Å²) >= 11 is 0. The van der Waals surface area contributed by atoms with Gasteiger partial charge in [-0.15, -0.1) is 0 Å². The molecule has 0 aromatic heterocycles. The van der Waals surface area contributed by atoms with E-state index in [1.807, 2.05) is 0 Å². The maximum Gasteiger partial charge on any atom is 0.220 e. The quantitative estimate of drug-likeness (QED) is 0.0368. The Morgan fingerprint density at radius 3 is 1.13 bits per heavy atom. The van der Waals surface area contributed by atoms with Gasteiger partial charge >= 0.3 is 0 Å².